The predicted octanol–water partition coefficient (Wildman–Crippen LogP) is 0.916. The highest BCUT2D eigenvalue weighted by atomic mass is 16.5. The van der Waals surface area contributed by atoms with Crippen LogP contribution in [-0.4, -0.2) is 53.8 Å². The molecule has 0 aromatic rings. The molecule has 4 atom stereocenters. The van der Waals surface area contributed by atoms with Gasteiger partial charge in [0.15, 0.2) is 0 Å². The number of likely N-dealkylation sites (tertiary alicyclic amines) is 1. The normalized spacial score (nSPS) is 37.1. The van der Waals surface area contributed by atoms with Crippen LogP contribution in [0.2, 0.25) is 0 Å². The molecule has 0 spiro atoms. The van der Waals surface area contributed by atoms with E-state index in [1.807, 2.05) is 6.92 Å². The molecular formula is C14H22N2O4. The summed E-state index contributed by atoms with van der Waals surface area (Å²) in [5.41, 5.74) is 0. The molecule has 2 saturated heterocycles. The average molecular weight is 282 g/mol. The van der Waals surface area contributed by atoms with Crippen LogP contribution in [0.1, 0.15) is 26.2 Å². The first kappa shape index (κ1) is 13.7. The maximum Gasteiger partial charge on any atom is 0.317 e. The predicted molar refractivity (Wildman–Crippen MR) is 71.3 cm³/mol. The molecule has 4 unspecified atom stereocenters. The van der Waals surface area contributed by atoms with E-state index in [0.717, 1.165) is 6.42 Å². The van der Waals surface area contributed by atoms with Crippen LogP contribution < -0.4 is 5.32 Å². The number of carbonyl (C=O) groups is 2. The number of nitrogens with zero attached hydrogens (tertiary/aromatic N) is 1. The van der Waals surface area contributed by atoms with E-state index >= 15 is 0 Å². The second-order valence-electron chi connectivity index (χ2n) is 6.34. The lowest BCUT2D eigenvalue weighted by Crippen LogP contribution is -2.47. The number of carboxylic acid groups (broad SMARTS) is 1. The summed E-state index contributed by atoms with van der Waals surface area (Å²) in [6.45, 7) is 3.42. The molecule has 0 radical (unpaired) electrons. The molecule has 1 saturated carbocycles. The average Bonchev–Trinajstić information content (AvgIpc) is 3.00. The number of aliphatic carboxylic acids is 1. The van der Waals surface area contributed by atoms with Gasteiger partial charge in [0.05, 0.1) is 18.1 Å². The summed E-state index contributed by atoms with van der Waals surface area (Å²) in [7, 11) is 0. The molecule has 6 heteroatoms. The molecular weight excluding hydrogens is 260 g/mol. The number of hydrogen-bond donors (Lipinski definition) is 2. The van der Waals surface area contributed by atoms with Crippen molar-refractivity contribution < 1.29 is 19.4 Å². The number of carbonyl (C=O) groups excluding carboxylic acids is 1. The zero-order valence-corrected chi connectivity index (χ0v) is 11.7. The van der Waals surface area contributed by atoms with E-state index in [-0.39, 0.29) is 24.1 Å². The Balaban J connectivity index is 1.55. The van der Waals surface area contributed by atoms with E-state index < -0.39 is 11.9 Å². The van der Waals surface area contributed by atoms with Crippen molar-refractivity contribution in [1.29, 1.82) is 0 Å². The fraction of sp³-hybridized carbons (Fsp3) is 0.857. The lowest BCUT2D eigenvalue weighted by molar-refractivity contribution is -0.142. The van der Waals surface area contributed by atoms with E-state index in [1.54, 1.807) is 4.90 Å². The van der Waals surface area contributed by atoms with Gasteiger partial charge >= 0.3 is 12.0 Å². The Kier molecular flexibility index (Phi) is 3.58. The fourth-order valence-electron chi connectivity index (χ4n) is 3.36. The molecule has 0 bridgehead atoms. The van der Waals surface area contributed by atoms with Crippen LogP contribution in [0.15, 0.2) is 0 Å². The Morgan fingerprint density at radius 3 is 2.60 bits per heavy atom. The van der Waals surface area contributed by atoms with Crippen LogP contribution in [0.5, 0.6) is 0 Å². The van der Waals surface area contributed by atoms with E-state index in [2.05, 4.69) is 5.32 Å². The molecule has 0 aromatic carbocycles. The zero-order valence-electron chi connectivity index (χ0n) is 11.7. The van der Waals surface area contributed by atoms with Gasteiger partial charge in [-0.15, -0.1) is 0 Å². The first-order chi connectivity index (χ1) is 9.56. The lowest BCUT2D eigenvalue weighted by Gasteiger charge is -2.23. The summed E-state index contributed by atoms with van der Waals surface area (Å²) in [6, 6.07) is -0.0454. The van der Waals surface area contributed by atoms with Gasteiger partial charge in [-0.2, -0.15) is 0 Å². The summed E-state index contributed by atoms with van der Waals surface area (Å²) >= 11 is 0. The summed E-state index contributed by atoms with van der Waals surface area (Å²) < 4.78 is 5.71. The third-order valence-corrected chi connectivity index (χ3v) is 4.75. The maximum absolute atomic E-state index is 12.3. The number of carboxylic acids is 1. The first-order valence-electron chi connectivity index (χ1n) is 7.46. The van der Waals surface area contributed by atoms with Crippen LogP contribution in [0.25, 0.3) is 0 Å². The van der Waals surface area contributed by atoms with Crippen molar-refractivity contribution in [3.63, 3.8) is 0 Å². The fourth-order valence-corrected chi connectivity index (χ4v) is 3.36. The van der Waals surface area contributed by atoms with Gasteiger partial charge < -0.3 is 20.1 Å². The van der Waals surface area contributed by atoms with Crippen LogP contribution >= 0.6 is 0 Å². The maximum atomic E-state index is 12.3. The highest BCUT2D eigenvalue weighted by Crippen LogP contribution is 2.38. The van der Waals surface area contributed by atoms with E-state index in [9.17, 15) is 9.59 Å². The van der Waals surface area contributed by atoms with E-state index in [1.165, 1.54) is 12.8 Å². The highest BCUT2D eigenvalue weighted by Gasteiger charge is 2.43. The Morgan fingerprint density at radius 1 is 1.25 bits per heavy atom. The number of nitrogens with one attached hydrogen (secondary N) is 1. The molecule has 20 heavy (non-hydrogen) atoms. The minimum absolute atomic E-state index is 0.0114. The monoisotopic (exact) mass is 282 g/mol. The minimum atomic E-state index is -0.812. The van der Waals surface area contributed by atoms with Crippen LogP contribution in [0.4, 0.5) is 4.79 Å². The molecule has 3 aliphatic rings. The van der Waals surface area contributed by atoms with Gasteiger partial charge in [0.2, 0.25) is 0 Å². The summed E-state index contributed by atoms with van der Waals surface area (Å²) in [5, 5.41) is 12.2. The Morgan fingerprint density at radius 2 is 2.00 bits per heavy atom. The molecule has 6 nitrogen and oxygen atoms in total. The quantitative estimate of drug-likeness (QED) is 0.806. The van der Waals surface area contributed by atoms with Crippen LogP contribution in [0.3, 0.4) is 0 Å². The van der Waals surface area contributed by atoms with Gasteiger partial charge in [-0.1, -0.05) is 6.92 Å². The topological polar surface area (TPSA) is 78.9 Å². The van der Waals surface area contributed by atoms with Crippen LogP contribution in [0, 0.1) is 17.8 Å². The third kappa shape index (κ3) is 2.61. The van der Waals surface area contributed by atoms with Gasteiger partial charge in [-0.05, 0) is 31.1 Å². The van der Waals surface area contributed by atoms with Crippen molar-refractivity contribution >= 4 is 12.0 Å². The number of amides is 2. The smallest absolute Gasteiger partial charge is 0.317 e. The molecule has 2 aliphatic heterocycles. The molecule has 0 aromatic heterocycles. The van der Waals surface area contributed by atoms with Crippen molar-refractivity contribution in [3.05, 3.63) is 0 Å². The van der Waals surface area contributed by atoms with E-state index in [4.69, 9.17) is 9.84 Å². The van der Waals surface area contributed by atoms with Crippen molar-refractivity contribution in [1.82, 2.24) is 10.2 Å². The van der Waals surface area contributed by atoms with E-state index in [0.29, 0.717) is 25.6 Å². The highest BCUT2D eigenvalue weighted by molar-refractivity contribution is 5.78. The molecule has 2 amide bonds. The number of urea groups is 1. The SMILES string of the molecule is CC1CN(C(=O)NC2CCOC2C2CC2)CC1C(=O)O. The van der Waals surface area contributed by atoms with Gasteiger partial charge in [-0.3, -0.25) is 4.79 Å². The van der Waals surface area contributed by atoms with Crippen molar-refractivity contribution in [2.75, 3.05) is 19.7 Å². The van der Waals surface area contributed by atoms with Gasteiger partial charge in [0, 0.05) is 19.7 Å². The largest absolute Gasteiger partial charge is 0.481 e. The third-order valence-electron chi connectivity index (χ3n) is 4.75. The Labute approximate surface area is 118 Å². The Hall–Kier alpha value is -1.30. The second kappa shape index (κ2) is 5.24. The molecule has 2 heterocycles. The number of hydrogen-bond acceptors (Lipinski definition) is 3. The number of rotatable bonds is 3. The minimum Gasteiger partial charge on any atom is -0.481 e. The standard InChI is InChI=1S/C14H22N2O4/c1-8-6-16(7-10(8)13(17)18)14(19)15-11-4-5-20-12(11)9-2-3-9/h8-12H,2-7H2,1H3,(H,15,19)(H,17,18). The Bertz CT molecular complexity index is 410. The lowest BCUT2D eigenvalue weighted by atomic mass is 9.99. The summed E-state index contributed by atoms with van der Waals surface area (Å²) in [6.07, 6.45) is 3.41. The molecule has 112 valence electrons. The molecule has 1 aliphatic carbocycles. The summed E-state index contributed by atoms with van der Waals surface area (Å²) in [4.78, 5) is 25.0. The van der Waals surface area contributed by atoms with Crippen molar-refractivity contribution in [2.45, 2.75) is 38.3 Å². The van der Waals surface area contributed by atoms with Gasteiger partial charge in [0.25, 0.3) is 0 Å². The summed E-state index contributed by atoms with van der Waals surface area (Å²) in [5.74, 6) is -0.642. The second-order valence-corrected chi connectivity index (χ2v) is 6.34. The van der Waals surface area contributed by atoms with Gasteiger partial charge in [-0.25, -0.2) is 4.79 Å². The van der Waals surface area contributed by atoms with Crippen molar-refractivity contribution in [3.8, 4) is 0 Å². The van der Waals surface area contributed by atoms with Crippen molar-refractivity contribution in [2.24, 2.45) is 17.8 Å². The number of ether oxygens (including phenoxy) is 1. The zero-order chi connectivity index (χ0) is 14.3. The first-order valence-corrected chi connectivity index (χ1v) is 7.46. The van der Waals surface area contributed by atoms with Crippen LogP contribution in [-0.2, 0) is 9.53 Å². The molecule has 2 N–H and O–H groups in total. The van der Waals surface area contributed by atoms with Gasteiger partial charge in [0.1, 0.15) is 0 Å². The molecule has 3 fully saturated rings. The molecule has 3 rings (SSSR count).